The van der Waals surface area contributed by atoms with Gasteiger partial charge in [0, 0.05) is 25.2 Å². The Bertz CT molecular complexity index is 588. The fourth-order valence-corrected chi connectivity index (χ4v) is 3.28. The molecule has 0 bridgehead atoms. The minimum atomic E-state index is 0.684. The molecule has 0 radical (unpaired) electrons. The highest BCUT2D eigenvalue weighted by Gasteiger charge is 2.30. The van der Waals surface area contributed by atoms with E-state index in [4.69, 9.17) is 4.98 Å². The molecule has 0 unspecified atom stereocenters. The summed E-state index contributed by atoms with van der Waals surface area (Å²) in [5.41, 5.74) is 2.56. The summed E-state index contributed by atoms with van der Waals surface area (Å²) in [7, 11) is 0. The van der Waals surface area contributed by atoms with Crippen LogP contribution >= 0.6 is 11.3 Å². The molecule has 0 aliphatic heterocycles. The third-order valence-electron chi connectivity index (χ3n) is 4.16. The molecule has 2 aliphatic rings. The van der Waals surface area contributed by atoms with Crippen LogP contribution in [-0.4, -0.2) is 17.1 Å². The largest absolute Gasteiger partial charge is 0.349 e. The number of anilines is 1. The third-order valence-corrected chi connectivity index (χ3v) is 4.89. The van der Waals surface area contributed by atoms with Crippen molar-refractivity contribution in [2.45, 2.75) is 50.9 Å². The lowest BCUT2D eigenvalue weighted by atomic mass is 10.2. The average molecular weight is 299 g/mol. The zero-order valence-corrected chi connectivity index (χ0v) is 13.0. The summed E-state index contributed by atoms with van der Waals surface area (Å²) in [4.78, 5) is 7.36. The Labute approximate surface area is 130 Å². The van der Waals surface area contributed by atoms with Gasteiger partial charge in [-0.1, -0.05) is 6.07 Å². The van der Waals surface area contributed by atoms with Gasteiger partial charge in [0.2, 0.25) is 0 Å². The van der Waals surface area contributed by atoms with E-state index in [0.29, 0.717) is 6.04 Å². The van der Waals surface area contributed by atoms with Crippen LogP contribution in [0.4, 0.5) is 5.82 Å². The lowest BCUT2D eigenvalue weighted by molar-refractivity contribution is 0.671. The topological polar surface area (TPSA) is 28.2 Å². The first-order chi connectivity index (χ1) is 10.4. The van der Waals surface area contributed by atoms with Crippen molar-refractivity contribution in [1.82, 2.24) is 10.3 Å². The van der Waals surface area contributed by atoms with Crippen LogP contribution in [0.1, 0.15) is 36.9 Å². The maximum Gasteiger partial charge on any atom is 0.129 e. The van der Waals surface area contributed by atoms with Crippen LogP contribution in [0.3, 0.4) is 0 Å². The molecule has 2 aliphatic carbocycles. The standard InChI is InChI=1S/C17H21N3S/c1-2-15(10-18-14-4-5-14)19-17(3-1)20(16-6-7-16)11-13-8-9-21-12-13/h1-3,8-9,12,14,16,18H,4-7,10-11H2. The van der Waals surface area contributed by atoms with E-state index >= 15 is 0 Å². The fourth-order valence-electron chi connectivity index (χ4n) is 2.62. The van der Waals surface area contributed by atoms with E-state index in [2.05, 4.69) is 45.2 Å². The van der Waals surface area contributed by atoms with Gasteiger partial charge >= 0.3 is 0 Å². The fraction of sp³-hybridized carbons (Fsp3) is 0.471. The summed E-state index contributed by atoms with van der Waals surface area (Å²) in [5.74, 6) is 1.14. The first kappa shape index (κ1) is 13.3. The van der Waals surface area contributed by atoms with Crippen LogP contribution < -0.4 is 10.2 Å². The molecule has 1 N–H and O–H groups in total. The number of hydrogen-bond donors (Lipinski definition) is 1. The molecular formula is C17H21N3S. The molecular weight excluding hydrogens is 278 g/mol. The number of aromatic nitrogens is 1. The zero-order valence-electron chi connectivity index (χ0n) is 12.2. The van der Waals surface area contributed by atoms with E-state index < -0.39 is 0 Å². The van der Waals surface area contributed by atoms with E-state index in [1.807, 2.05) is 0 Å². The minimum absolute atomic E-state index is 0.684. The van der Waals surface area contributed by atoms with Crippen molar-refractivity contribution < 1.29 is 0 Å². The van der Waals surface area contributed by atoms with Crippen molar-refractivity contribution in [3.8, 4) is 0 Å². The van der Waals surface area contributed by atoms with E-state index in [1.54, 1.807) is 11.3 Å². The molecule has 0 amide bonds. The number of rotatable bonds is 7. The molecule has 21 heavy (non-hydrogen) atoms. The summed E-state index contributed by atoms with van der Waals surface area (Å²) in [6.07, 6.45) is 5.25. The molecule has 2 aromatic heterocycles. The Morgan fingerprint density at radius 1 is 1.19 bits per heavy atom. The van der Waals surface area contributed by atoms with Gasteiger partial charge < -0.3 is 10.2 Å². The number of nitrogens with zero attached hydrogens (tertiary/aromatic N) is 2. The van der Waals surface area contributed by atoms with Crippen molar-refractivity contribution in [2.75, 3.05) is 4.90 Å². The van der Waals surface area contributed by atoms with Gasteiger partial charge in [0.15, 0.2) is 0 Å². The van der Waals surface area contributed by atoms with Crippen molar-refractivity contribution in [1.29, 1.82) is 0 Å². The molecule has 2 aromatic rings. The summed E-state index contributed by atoms with van der Waals surface area (Å²) in [5, 5.41) is 7.95. The van der Waals surface area contributed by atoms with Crippen molar-refractivity contribution in [3.63, 3.8) is 0 Å². The molecule has 0 saturated heterocycles. The van der Waals surface area contributed by atoms with Gasteiger partial charge in [-0.3, -0.25) is 0 Å². The Balaban J connectivity index is 1.49. The molecule has 4 heteroatoms. The summed E-state index contributed by atoms with van der Waals surface area (Å²) < 4.78 is 0. The molecule has 2 fully saturated rings. The highest BCUT2D eigenvalue weighted by Crippen LogP contribution is 2.32. The quantitative estimate of drug-likeness (QED) is 0.847. The van der Waals surface area contributed by atoms with Crippen LogP contribution in [0.5, 0.6) is 0 Å². The second-order valence-corrected chi connectivity index (χ2v) is 6.91. The van der Waals surface area contributed by atoms with Gasteiger partial charge in [-0.2, -0.15) is 11.3 Å². The maximum absolute atomic E-state index is 4.88. The summed E-state index contributed by atoms with van der Waals surface area (Å²) in [6.45, 7) is 1.89. The third kappa shape index (κ3) is 3.44. The first-order valence-electron chi connectivity index (χ1n) is 7.85. The van der Waals surface area contributed by atoms with E-state index in [1.165, 1.54) is 31.2 Å². The Morgan fingerprint density at radius 2 is 2.10 bits per heavy atom. The van der Waals surface area contributed by atoms with Crippen LogP contribution in [0, 0.1) is 0 Å². The lowest BCUT2D eigenvalue weighted by Gasteiger charge is -2.23. The van der Waals surface area contributed by atoms with Gasteiger partial charge in [0.25, 0.3) is 0 Å². The molecule has 0 spiro atoms. The molecule has 4 rings (SSSR count). The summed E-state index contributed by atoms with van der Waals surface area (Å²) in [6, 6.07) is 10.1. The zero-order chi connectivity index (χ0) is 14.1. The van der Waals surface area contributed by atoms with Gasteiger partial charge in [0.05, 0.1) is 5.69 Å². The molecule has 0 aromatic carbocycles. The average Bonchev–Trinajstić information content (AvgIpc) is 3.44. The number of thiophene rings is 1. The Hall–Kier alpha value is -1.39. The molecule has 110 valence electrons. The van der Waals surface area contributed by atoms with Gasteiger partial charge in [0.1, 0.15) is 5.82 Å². The second kappa shape index (κ2) is 5.78. The normalized spacial score (nSPS) is 17.9. The van der Waals surface area contributed by atoms with Crippen LogP contribution in [0.15, 0.2) is 35.0 Å². The predicted octanol–water partition coefficient (Wildman–Crippen LogP) is 3.56. The highest BCUT2D eigenvalue weighted by atomic mass is 32.1. The predicted molar refractivity (Wildman–Crippen MR) is 87.6 cm³/mol. The number of nitrogens with one attached hydrogen (secondary N) is 1. The van der Waals surface area contributed by atoms with E-state index in [9.17, 15) is 0 Å². The number of pyridine rings is 1. The van der Waals surface area contributed by atoms with Gasteiger partial charge in [-0.15, -0.1) is 0 Å². The van der Waals surface area contributed by atoms with E-state index in [0.717, 1.165) is 30.6 Å². The Morgan fingerprint density at radius 3 is 2.81 bits per heavy atom. The van der Waals surface area contributed by atoms with Crippen LogP contribution in [-0.2, 0) is 13.1 Å². The highest BCUT2D eigenvalue weighted by molar-refractivity contribution is 7.07. The Kier molecular flexibility index (Phi) is 3.65. The summed E-state index contributed by atoms with van der Waals surface area (Å²) >= 11 is 1.77. The van der Waals surface area contributed by atoms with E-state index in [-0.39, 0.29) is 0 Å². The van der Waals surface area contributed by atoms with Gasteiger partial charge in [-0.25, -0.2) is 4.98 Å². The monoisotopic (exact) mass is 299 g/mol. The van der Waals surface area contributed by atoms with Crippen LogP contribution in [0.25, 0.3) is 0 Å². The van der Waals surface area contributed by atoms with Gasteiger partial charge in [-0.05, 0) is 60.2 Å². The van der Waals surface area contributed by atoms with Crippen molar-refractivity contribution >= 4 is 17.2 Å². The smallest absolute Gasteiger partial charge is 0.129 e. The molecule has 2 heterocycles. The van der Waals surface area contributed by atoms with Crippen LogP contribution in [0.2, 0.25) is 0 Å². The second-order valence-electron chi connectivity index (χ2n) is 6.13. The lowest BCUT2D eigenvalue weighted by Crippen LogP contribution is -2.26. The van der Waals surface area contributed by atoms with Crippen molar-refractivity contribution in [3.05, 3.63) is 46.3 Å². The first-order valence-corrected chi connectivity index (χ1v) is 8.80. The maximum atomic E-state index is 4.88. The number of hydrogen-bond acceptors (Lipinski definition) is 4. The molecule has 3 nitrogen and oxygen atoms in total. The minimum Gasteiger partial charge on any atom is -0.349 e. The van der Waals surface area contributed by atoms with Crippen molar-refractivity contribution in [2.24, 2.45) is 0 Å². The molecule has 2 saturated carbocycles. The SMILES string of the molecule is c1cc(CNC2CC2)nc(N(Cc2ccsc2)C2CC2)c1. The molecule has 0 atom stereocenters.